The Kier molecular flexibility index (Phi) is 3.47. The molecule has 1 rings (SSSR count). The molecule has 0 fully saturated rings. The molecule has 0 bridgehead atoms. The number of hydrogen-bond donors (Lipinski definition) is 1. The van der Waals surface area contributed by atoms with Gasteiger partial charge in [0.15, 0.2) is 0 Å². The van der Waals surface area contributed by atoms with Crippen LogP contribution in [0.2, 0.25) is 0 Å². The molecular weight excluding hydrogens is 168 g/mol. The van der Waals surface area contributed by atoms with Crippen LogP contribution in [-0.2, 0) is 9.53 Å². The van der Waals surface area contributed by atoms with E-state index in [1.165, 1.54) is 0 Å². The highest BCUT2D eigenvalue weighted by Crippen LogP contribution is 2.07. The molecule has 0 unspecified atom stereocenters. The van der Waals surface area contributed by atoms with Crippen molar-refractivity contribution in [1.82, 2.24) is 5.32 Å². The average Bonchev–Trinajstić information content (AvgIpc) is 2.19. The Labute approximate surface area is 77.2 Å². The third-order valence-corrected chi connectivity index (χ3v) is 1.80. The first-order valence-corrected chi connectivity index (χ1v) is 4.21. The lowest BCUT2D eigenvalue weighted by Gasteiger charge is -2.13. The van der Waals surface area contributed by atoms with Crippen LogP contribution in [0.25, 0.3) is 0 Å². The maximum Gasteiger partial charge on any atom is 0.248 e. The molecule has 1 amide bonds. The molecule has 1 aliphatic heterocycles. The molecular formula is C9H12N2O2. The Bertz CT molecular complexity index is 265. The average molecular weight is 180 g/mol. The van der Waals surface area contributed by atoms with Crippen LogP contribution >= 0.6 is 0 Å². The molecule has 0 spiro atoms. The third-order valence-electron chi connectivity index (χ3n) is 1.80. The fraction of sp³-hybridized carbons (Fsp3) is 0.556. The van der Waals surface area contributed by atoms with E-state index < -0.39 is 6.04 Å². The van der Waals surface area contributed by atoms with Crippen LogP contribution in [-0.4, -0.2) is 25.2 Å². The molecule has 1 N–H and O–H groups in total. The number of hydrogen-bond acceptors (Lipinski definition) is 3. The van der Waals surface area contributed by atoms with Crippen LogP contribution in [0.1, 0.15) is 13.3 Å². The van der Waals surface area contributed by atoms with E-state index >= 15 is 0 Å². The number of nitrogens with one attached hydrogen (secondary N) is 1. The van der Waals surface area contributed by atoms with Gasteiger partial charge in [-0.25, -0.2) is 0 Å². The van der Waals surface area contributed by atoms with Crippen LogP contribution in [0, 0.1) is 11.3 Å². The third kappa shape index (κ3) is 2.88. The van der Waals surface area contributed by atoms with Crippen LogP contribution in [0.4, 0.5) is 0 Å². The van der Waals surface area contributed by atoms with Gasteiger partial charge in [0, 0.05) is 12.0 Å². The Hall–Kier alpha value is -1.34. The maximum absolute atomic E-state index is 11.4. The molecule has 1 atom stereocenters. The number of ether oxygens (including phenoxy) is 1. The summed E-state index contributed by atoms with van der Waals surface area (Å²) in [5.74, 6) is -0.155. The molecule has 0 radical (unpaired) electrons. The molecule has 0 saturated carbocycles. The zero-order chi connectivity index (χ0) is 9.68. The normalized spacial score (nSPS) is 18.3. The van der Waals surface area contributed by atoms with Crippen molar-refractivity contribution in [3.63, 3.8) is 0 Å². The minimum atomic E-state index is -0.434. The zero-order valence-corrected chi connectivity index (χ0v) is 7.54. The highest BCUT2D eigenvalue weighted by atomic mass is 16.5. The van der Waals surface area contributed by atoms with Gasteiger partial charge in [0.05, 0.1) is 19.3 Å². The molecule has 1 heterocycles. The van der Waals surface area contributed by atoms with Crippen molar-refractivity contribution >= 4 is 5.91 Å². The molecule has 4 heteroatoms. The lowest BCUT2D eigenvalue weighted by Crippen LogP contribution is -2.33. The monoisotopic (exact) mass is 180 g/mol. The summed E-state index contributed by atoms with van der Waals surface area (Å²) in [5, 5.41) is 11.0. The predicted octanol–water partition coefficient (Wildman–Crippen LogP) is 0.361. The van der Waals surface area contributed by atoms with E-state index in [9.17, 15) is 4.79 Å². The first-order chi connectivity index (χ1) is 6.24. The minimum Gasteiger partial charge on any atom is -0.377 e. The van der Waals surface area contributed by atoms with Gasteiger partial charge in [-0.05, 0) is 6.92 Å². The molecule has 0 aliphatic carbocycles. The van der Waals surface area contributed by atoms with Crippen molar-refractivity contribution in [2.75, 3.05) is 13.2 Å². The number of nitrogens with zero attached hydrogens (tertiary/aromatic N) is 1. The maximum atomic E-state index is 11.4. The fourth-order valence-electron chi connectivity index (χ4n) is 1.05. The number of rotatable bonds is 2. The summed E-state index contributed by atoms with van der Waals surface area (Å²) in [6.45, 7) is 2.72. The standard InChI is InChI=1S/C9H12N2O2/c1-7(6-10)11-9(12)8-2-4-13-5-3-8/h2,7H,3-5H2,1H3,(H,11,12)/t7-/m1/s1. The van der Waals surface area contributed by atoms with Crippen molar-refractivity contribution < 1.29 is 9.53 Å². The number of amides is 1. The highest BCUT2D eigenvalue weighted by Gasteiger charge is 2.13. The van der Waals surface area contributed by atoms with Gasteiger partial charge in [-0.15, -0.1) is 0 Å². The first-order valence-electron chi connectivity index (χ1n) is 4.21. The minimum absolute atomic E-state index is 0.155. The van der Waals surface area contributed by atoms with Gasteiger partial charge in [-0.2, -0.15) is 5.26 Å². The van der Waals surface area contributed by atoms with Gasteiger partial charge >= 0.3 is 0 Å². The van der Waals surface area contributed by atoms with E-state index in [1.54, 1.807) is 13.0 Å². The number of carbonyl (C=O) groups is 1. The van der Waals surface area contributed by atoms with Crippen LogP contribution < -0.4 is 5.32 Å². The van der Waals surface area contributed by atoms with E-state index in [4.69, 9.17) is 10.00 Å². The van der Waals surface area contributed by atoms with Gasteiger partial charge in [-0.1, -0.05) is 6.08 Å². The first kappa shape index (κ1) is 9.75. The van der Waals surface area contributed by atoms with Crippen LogP contribution in [0.15, 0.2) is 11.6 Å². The molecule has 4 nitrogen and oxygen atoms in total. The quantitative estimate of drug-likeness (QED) is 0.667. The van der Waals surface area contributed by atoms with Gasteiger partial charge in [-0.3, -0.25) is 4.79 Å². The van der Waals surface area contributed by atoms with Gasteiger partial charge in [0.1, 0.15) is 6.04 Å². The Morgan fingerprint density at radius 1 is 1.85 bits per heavy atom. The van der Waals surface area contributed by atoms with Gasteiger partial charge < -0.3 is 10.1 Å². The van der Waals surface area contributed by atoms with Crippen molar-refractivity contribution in [3.05, 3.63) is 11.6 Å². The topological polar surface area (TPSA) is 62.1 Å². The second kappa shape index (κ2) is 4.63. The van der Waals surface area contributed by atoms with E-state index in [0.717, 1.165) is 0 Å². The van der Waals surface area contributed by atoms with Crippen LogP contribution in [0.3, 0.4) is 0 Å². The zero-order valence-electron chi connectivity index (χ0n) is 7.54. The Morgan fingerprint density at radius 2 is 2.62 bits per heavy atom. The summed E-state index contributed by atoms with van der Waals surface area (Å²) in [5.41, 5.74) is 0.716. The molecule has 0 aromatic rings. The summed E-state index contributed by atoms with van der Waals surface area (Å²) in [6, 6.07) is 1.51. The number of carbonyl (C=O) groups excluding carboxylic acids is 1. The summed E-state index contributed by atoms with van der Waals surface area (Å²) in [6.07, 6.45) is 2.38. The molecule has 70 valence electrons. The lowest BCUT2D eigenvalue weighted by molar-refractivity contribution is -0.118. The highest BCUT2D eigenvalue weighted by molar-refractivity contribution is 5.93. The van der Waals surface area contributed by atoms with Crippen molar-refractivity contribution in [2.24, 2.45) is 0 Å². The summed E-state index contributed by atoms with van der Waals surface area (Å²) in [7, 11) is 0. The van der Waals surface area contributed by atoms with Crippen LogP contribution in [0.5, 0.6) is 0 Å². The van der Waals surface area contributed by atoms with E-state index in [2.05, 4.69) is 5.32 Å². The summed E-state index contributed by atoms with van der Waals surface area (Å²) >= 11 is 0. The van der Waals surface area contributed by atoms with Gasteiger partial charge in [0.25, 0.3) is 0 Å². The second-order valence-electron chi connectivity index (χ2n) is 2.88. The Balaban J connectivity index is 2.48. The summed E-state index contributed by atoms with van der Waals surface area (Å²) < 4.78 is 5.06. The fourth-order valence-corrected chi connectivity index (χ4v) is 1.05. The largest absolute Gasteiger partial charge is 0.377 e. The summed E-state index contributed by atoms with van der Waals surface area (Å²) in [4.78, 5) is 11.4. The van der Waals surface area contributed by atoms with Crippen molar-refractivity contribution in [3.8, 4) is 6.07 Å². The van der Waals surface area contributed by atoms with Gasteiger partial charge in [0.2, 0.25) is 5.91 Å². The van der Waals surface area contributed by atoms with Crippen molar-refractivity contribution in [2.45, 2.75) is 19.4 Å². The smallest absolute Gasteiger partial charge is 0.248 e. The molecule has 1 aliphatic rings. The van der Waals surface area contributed by atoms with E-state index in [0.29, 0.717) is 25.2 Å². The van der Waals surface area contributed by atoms with Crippen molar-refractivity contribution in [1.29, 1.82) is 5.26 Å². The molecule has 0 aromatic heterocycles. The predicted molar refractivity (Wildman–Crippen MR) is 46.7 cm³/mol. The molecule has 0 saturated heterocycles. The Morgan fingerprint density at radius 3 is 3.15 bits per heavy atom. The molecule has 13 heavy (non-hydrogen) atoms. The molecule has 0 aromatic carbocycles. The number of nitriles is 1. The van der Waals surface area contributed by atoms with E-state index in [-0.39, 0.29) is 5.91 Å². The second-order valence-corrected chi connectivity index (χ2v) is 2.88. The van der Waals surface area contributed by atoms with E-state index in [1.807, 2.05) is 6.07 Å². The SMILES string of the molecule is C[C@H](C#N)NC(=O)C1=CCOCC1. The lowest BCUT2D eigenvalue weighted by atomic mass is 10.1.